The fraction of sp³-hybridized carbons (Fsp3) is 0.429. The average Bonchev–Trinajstić information content (AvgIpc) is 3.23. The van der Waals surface area contributed by atoms with Crippen LogP contribution in [0.4, 0.5) is 0 Å². The molecule has 1 fully saturated rings. The summed E-state index contributed by atoms with van der Waals surface area (Å²) < 4.78 is 13.3. The molecule has 3 aliphatic rings. The third kappa shape index (κ3) is 3.31. The van der Waals surface area contributed by atoms with Gasteiger partial charge in [0.25, 0.3) is 0 Å². The largest absolute Gasteiger partial charge is 0.495 e. The summed E-state index contributed by atoms with van der Waals surface area (Å²) in [6, 6.07) is 7.60. The van der Waals surface area contributed by atoms with Gasteiger partial charge in [0.2, 0.25) is 5.91 Å². The average molecular weight is 555 g/mol. The van der Waals surface area contributed by atoms with Gasteiger partial charge in [-0.25, -0.2) is 0 Å². The molecule has 0 saturated heterocycles. The van der Waals surface area contributed by atoms with Crippen LogP contribution in [0.25, 0.3) is 0 Å². The molecule has 1 unspecified atom stereocenters. The maximum absolute atomic E-state index is 13.1. The van der Waals surface area contributed by atoms with E-state index in [1.165, 1.54) is 18.2 Å². The van der Waals surface area contributed by atoms with Crippen LogP contribution in [0.5, 0.6) is 11.5 Å². The zero-order valence-electron chi connectivity index (χ0n) is 20.8. The Bertz CT molecular complexity index is 1250. The van der Waals surface area contributed by atoms with Crippen molar-refractivity contribution in [3.63, 3.8) is 0 Å². The number of hydrogen-bond donors (Lipinski definition) is 2. The summed E-state index contributed by atoms with van der Waals surface area (Å²) in [5.74, 6) is -0.524. The van der Waals surface area contributed by atoms with Gasteiger partial charge in [-0.3, -0.25) is 9.78 Å². The van der Waals surface area contributed by atoms with Gasteiger partial charge in [-0.1, -0.05) is 59.3 Å². The molecule has 0 bridgehead atoms. The van der Waals surface area contributed by atoms with Crippen LogP contribution < -0.4 is 9.47 Å². The Labute approximate surface area is 219 Å². The van der Waals surface area contributed by atoms with Crippen molar-refractivity contribution in [1.29, 1.82) is 0 Å². The number of aliphatic hydroxyl groups excluding tert-OH is 1. The summed E-state index contributed by atoms with van der Waals surface area (Å²) in [7, 11) is 4.90. The number of halogens is 1. The van der Waals surface area contributed by atoms with E-state index in [1.807, 2.05) is 36.4 Å². The first kappa shape index (κ1) is 25.0. The first-order chi connectivity index (χ1) is 17.1. The van der Waals surface area contributed by atoms with E-state index < -0.39 is 34.6 Å². The van der Waals surface area contributed by atoms with Gasteiger partial charge in [0, 0.05) is 36.8 Å². The van der Waals surface area contributed by atoms with Crippen LogP contribution in [0, 0.1) is 17.3 Å². The van der Waals surface area contributed by atoms with Gasteiger partial charge in [0.05, 0.1) is 31.2 Å². The van der Waals surface area contributed by atoms with Crippen molar-refractivity contribution in [1.82, 2.24) is 9.88 Å². The highest BCUT2D eigenvalue weighted by Crippen LogP contribution is 2.71. The number of carbonyl (C=O) groups is 1. The number of nitrogens with zero attached hydrogens (tertiary/aromatic N) is 2. The van der Waals surface area contributed by atoms with Crippen LogP contribution in [0.1, 0.15) is 30.9 Å². The normalized spacial score (nSPS) is 34.1. The number of fused-ring (bicyclic) bond motifs is 3. The summed E-state index contributed by atoms with van der Waals surface area (Å²) >= 11 is 3.51. The molecular weight excluding hydrogens is 524 g/mol. The van der Waals surface area contributed by atoms with Gasteiger partial charge in [-0.05, 0) is 29.5 Å². The second-order valence-electron chi connectivity index (χ2n) is 10.4. The van der Waals surface area contributed by atoms with Crippen LogP contribution in [0.3, 0.4) is 0 Å². The Hall–Kier alpha value is -2.68. The highest BCUT2D eigenvalue weighted by Gasteiger charge is 2.78. The molecule has 1 aromatic heterocycles. The fourth-order valence-electron chi connectivity index (χ4n) is 6.63. The molecule has 0 spiro atoms. The molecule has 7 nitrogen and oxygen atoms in total. The summed E-state index contributed by atoms with van der Waals surface area (Å²) in [6.45, 7) is 2.10. The van der Waals surface area contributed by atoms with E-state index in [0.717, 1.165) is 4.47 Å². The first-order valence-electron chi connectivity index (χ1n) is 12.0. The summed E-state index contributed by atoms with van der Waals surface area (Å²) in [6.07, 6.45) is 10.6. The van der Waals surface area contributed by atoms with Gasteiger partial charge >= 0.3 is 0 Å². The van der Waals surface area contributed by atoms with E-state index in [2.05, 4.69) is 40.0 Å². The Morgan fingerprint density at radius 1 is 1.25 bits per heavy atom. The molecule has 5 rings (SSSR count). The zero-order chi connectivity index (χ0) is 25.9. The minimum atomic E-state index is -1.90. The number of pyridine rings is 1. The lowest BCUT2D eigenvalue weighted by Crippen LogP contribution is -2.55. The highest BCUT2D eigenvalue weighted by molar-refractivity contribution is 9.10. The van der Waals surface area contributed by atoms with Crippen LogP contribution in [-0.2, 0) is 16.0 Å². The lowest BCUT2D eigenvalue weighted by Gasteiger charge is -2.47. The molecular formula is C28H31BrN2O5. The molecule has 2 aliphatic carbocycles. The lowest BCUT2D eigenvalue weighted by molar-refractivity contribution is -0.165. The van der Waals surface area contributed by atoms with Gasteiger partial charge in [0.15, 0.2) is 11.2 Å². The van der Waals surface area contributed by atoms with E-state index in [4.69, 9.17) is 9.47 Å². The molecule has 190 valence electrons. The minimum absolute atomic E-state index is 0.0542. The third-order valence-corrected chi connectivity index (χ3v) is 8.72. The Kier molecular flexibility index (Phi) is 6.05. The number of rotatable bonds is 5. The zero-order valence-corrected chi connectivity index (χ0v) is 22.4. The Morgan fingerprint density at radius 2 is 1.97 bits per heavy atom. The van der Waals surface area contributed by atoms with Crippen molar-refractivity contribution < 1.29 is 24.5 Å². The predicted molar refractivity (Wildman–Crippen MR) is 138 cm³/mol. The smallest absolute Gasteiger partial charge is 0.222 e. The van der Waals surface area contributed by atoms with Gasteiger partial charge < -0.3 is 24.6 Å². The monoisotopic (exact) mass is 554 g/mol. The van der Waals surface area contributed by atoms with Gasteiger partial charge in [-0.2, -0.15) is 0 Å². The quantitative estimate of drug-likeness (QED) is 0.581. The van der Waals surface area contributed by atoms with Gasteiger partial charge in [-0.15, -0.1) is 0 Å². The number of benzene rings is 1. The number of aromatic nitrogens is 1. The van der Waals surface area contributed by atoms with Crippen molar-refractivity contribution in [2.45, 2.75) is 37.1 Å². The maximum atomic E-state index is 13.1. The molecule has 6 atom stereocenters. The van der Waals surface area contributed by atoms with Crippen molar-refractivity contribution in [3.05, 3.63) is 76.6 Å². The molecule has 36 heavy (non-hydrogen) atoms. The first-order valence-corrected chi connectivity index (χ1v) is 12.8. The second-order valence-corrected chi connectivity index (χ2v) is 11.3. The van der Waals surface area contributed by atoms with Crippen LogP contribution in [-0.4, -0.2) is 53.3 Å². The second kappa shape index (κ2) is 8.71. The van der Waals surface area contributed by atoms with E-state index in [-0.39, 0.29) is 12.3 Å². The highest BCUT2D eigenvalue weighted by atomic mass is 79.9. The molecule has 1 aliphatic heterocycles. The molecule has 0 radical (unpaired) electrons. The number of carbonyl (C=O) groups excluding carboxylic acids is 1. The SMILES string of the molecule is COc1cncc2c1[C@]1(O)[C@H](O)[C@H](CC(=O)N(C)C)[C@@H](C3(C)C=CC=CC3)[C@]1(c1ccc(Br)cc1)O2. The fourth-order valence-corrected chi connectivity index (χ4v) is 6.89. The predicted octanol–water partition coefficient (Wildman–Crippen LogP) is 3.94. The Morgan fingerprint density at radius 3 is 2.58 bits per heavy atom. The molecule has 2 aromatic rings. The molecule has 1 amide bonds. The van der Waals surface area contributed by atoms with E-state index in [0.29, 0.717) is 29.0 Å². The lowest BCUT2D eigenvalue weighted by atomic mass is 9.60. The number of aliphatic hydroxyl groups is 2. The topological polar surface area (TPSA) is 92.1 Å². The number of allylic oxidation sites excluding steroid dienone is 4. The van der Waals surface area contributed by atoms with Crippen molar-refractivity contribution >= 4 is 21.8 Å². The molecule has 1 aromatic carbocycles. The minimum Gasteiger partial charge on any atom is -0.495 e. The van der Waals surface area contributed by atoms with Crippen LogP contribution >= 0.6 is 15.9 Å². The summed E-state index contributed by atoms with van der Waals surface area (Å²) in [4.78, 5) is 18.9. The molecule has 2 heterocycles. The van der Waals surface area contributed by atoms with Crippen molar-refractivity contribution in [2.75, 3.05) is 21.2 Å². The third-order valence-electron chi connectivity index (χ3n) is 8.19. The van der Waals surface area contributed by atoms with Gasteiger partial charge in [0.1, 0.15) is 11.5 Å². The maximum Gasteiger partial charge on any atom is 0.222 e. The standard InChI is InChI=1S/C28H31BrN2O5/c1-26(12-6-5-7-13-26)24-19(14-22(32)31(2)3)25(33)27(34)23-20(35-4)15-30-16-21(23)36-28(24,27)17-8-10-18(29)11-9-17/h5-12,15-16,19,24-25,33-34H,13-14H2,1-4H3/t19-,24+,25-,26?,27+,28+/m1/s1. The molecule has 1 saturated carbocycles. The molecule has 8 heteroatoms. The van der Waals surface area contributed by atoms with Crippen LogP contribution in [0.2, 0.25) is 0 Å². The number of ether oxygens (including phenoxy) is 2. The summed E-state index contributed by atoms with van der Waals surface area (Å²) in [5.41, 5.74) is -2.77. The molecule has 2 N–H and O–H groups in total. The number of hydrogen-bond acceptors (Lipinski definition) is 6. The van der Waals surface area contributed by atoms with E-state index in [9.17, 15) is 15.0 Å². The van der Waals surface area contributed by atoms with Crippen LogP contribution in [0.15, 0.2) is 65.4 Å². The number of amides is 1. The van der Waals surface area contributed by atoms with E-state index in [1.54, 1.807) is 20.3 Å². The Balaban J connectivity index is 1.83. The van der Waals surface area contributed by atoms with Crippen molar-refractivity contribution in [2.24, 2.45) is 17.3 Å². The van der Waals surface area contributed by atoms with E-state index >= 15 is 0 Å². The van der Waals surface area contributed by atoms with Crippen molar-refractivity contribution in [3.8, 4) is 11.5 Å². The summed E-state index contributed by atoms with van der Waals surface area (Å²) in [5, 5.41) is 24.9. The number of methoxy groups -OCH3 is 1.